The summed E-state index contributed by atoms with van der Waals surface area (Å²) in [5.74, 6) is 2.29. The zero-order valence-electron chi connectivity index (χ0n) is 19.8. The third kappa shape index (κ3) is 4.87. The van der Waals surface area contributed by atoms with Crippen LogP contribution in [-0.2, 0) is 0 Å². The van der Waals surface area contributed by atoms with Gasteiger partial charge in [-0.2, -0.15) is 0 Å². The molecule has 0 atom stereocenters. The molecule has 0 aliphatic rings. The summed E-state index contributed by atoms with van der Waals surface area (Å²) in [4.78, 5) is 14.4. The Hall–Kier alpha value is -3.73. The van der Waals surface area contributed by atoms with E-state index in [1.807, 2.05) is 25.1 Å². The van der Waals surface area contributed by atoms with Crippen LogP contribution < -0.4 is 4.74 Å². The van der Waals surface area contributed by atoms with Gasteiger partial charge in [0.05, 0.1) is 12.2 Å². The van der Waals surface area contributed by atoms with Gasteiger partial charge in [0.25, 0.3) is 0 Å². The predicted molar refractivity (Wildman–Crippen MR) is 133 cm³/mol. The lowest BCUT2D eigenvalue weighted by molar-refractivity contribution is 0.315. The Morgan fingerprint density at radius 1 is 0.667 bits per heavy atom. The Morgan fingerprint density at radius 3 is 1.61 bits per heavy atom. The van der Waals surface area contributed by atoms with E-state index >= 15 is 0 Å². The highest BCUT2D eigenvalue weighted by Crippen LogP contribution is 2.34. The number of phenolic OH excluding ortho intramolecular Hbond substituents is 1. The number of hydrogen-bond donors (Lipinski definition) is 1. The fourth-order valence-electron chi connectivity index (χ4n) is 3.88. The minimum Gasteiger partial charge on any atom is -0.507 e. The number of ether oxygens (including phenoxy) is 1. The van der Waals surface area contributed by atoms with E-state index in [0.717, 1.165) is 28.7 Å². The molecular formula is C28H29N3O2. The van der Waals surface area contributed by atoms with E-state index in [4.69, 9.17) is 19.7 Å². The first-order chi connectivity index (χ1) is 15.9. The molecule has 0 aliphatic carbocycles. The highest BCUT2D eigenvalue weighted by Gasteiger charge is 2.17. The van der Waals surface area contributed by atoms with Crippen molar-refractivity contribution >= 4 is 0 Å². The van der Waals surface area contributed by atoms with E-state index in [1.54, 1.807) is 12.1 Å². The molecule has 1 aromatic heterocycles. The van der Waals surface area contributed by atoms with Crippen LogP contribution in [0.4, 0.5) is 0 Å². The lowest BCUT2D eigenvalue weighted by atomic mass is 10.0. The molecule has 0 bridgehead atoms. The van der Waals surface area contributed by atoms with Gasteiger partial charge in [0.15, 0.2) is 17.5 Å². The van der Waals surface area contributed by atoms with Crippen molar-refractivity contribution in [2.45, 2.75) is 41.0 Å². The minimum absolute atomic E-state index is 0.0768. The lowest BCUT2D eigenvalue weighted by Gasteiger charge is -2.13. The molecule has 0 aliphatic heterocycles. The number of aromatic nitrogens is 3. The van der Waals surface area contributed by atoms with E-state index in [1.165, 1.54) is 11.1 Å². The normalized spacial score (nSPS) is 10.9. The summed E-state index contributed by atoms with van der Waals surface area (Å²) in [6.45, 7) is 10.9. The van der Waals surface area contributed by atoms with Crippen LogP contribution in [-0.4, -0.2) is 26.7 Å². The van der Waals surface area contributed by atoms with Crippen molar-refractivity contribution in [2.75, 3.05) is 6.61 Å². The summed E-state index contributed by atoms with van der Waals surface area (Å²) in [6, 6.07) is 17.7. The van der Waals surface area contributed by atoms with Crippen molar-refractivity contribution < 1.29 is 9.84 Å². The van der Waals surface area contributed by atoms with Crippen LogP contribution in [0.25, 0.3) is 34.2 Å². The van der Waals surface area contributed by atoms with E-state index in [-0.39, 0.29) is 5.75 Å². The van der Waals surface area contributed by atoms with Gasteiger partial charge in [0.1, 0.15) is 11.5 Å². The standard InChI is InChI=1S/C28H29N3O2/c1-6-13-33-21-9-12-24(25(32)16-21)28-30-26(22-10-7-17(2)14-19(22)4)29-27(31-28)23-11-8-18(3)15-20(23)5/h7-12,14-16,32H,6,13H2,1-5H3. The van der Waals surface area contributed by atoms with Crippen LogP contribution in [0.1, 0.15) is 35.6 Å². The van der Waals surface area contributed by atoms with E-state index in [0.29, 0.717) is 35.4 Å². The fraction of sp³-hybridized carbons (Fsp3) is 0.250. The van der Waals surface area contributed by atoms with Gasteiger partial charge in [0, 0.05) is 17.2 Å². The van der Waals surface area contributed by atoms with E-state index in [9.17, 15) is 5.11 Å². The molecule has 5 nitrogen and oxygen atoms in total. The summed E-state index contributed by atoms with van der Waals surface area (Å²) in [7, 11) is 0. The maximum Gasteiger partial charge on any atom is 0.167 e. The van der Waals surface area contributed by atoms with Gasteiger partial charge < -0.3 is 9.84 Å². The molecule has 0 amide bonds. The first-order valence-corrected chi connectivity index (χ1v) is 11.2. The SMILES string of the molecule is CCCOc1ccc(-c2nc(-c3ccc(C)cc3C)nc(-c3ccc(C)cc3C)n2)c(O)c1. The fourth-order valence-corrected chi connectivity index (χ4v) is 3.88. The third-order valence-corrected chi connectivity index (χ3v) is 5.56. The van der Waals surface area contributed by atoms with Crippen molar-refractivity contribution in [1.82, 2.24) is 15.0 Å². The van der Waals surface area contributed by atoms with Gasteiger partial charge in [-0.05, 0) is 57.4 Å². The highest BCUT2D eigenvalue weighted by molar-refractivity contribution is 5.72. The second kappa shape index (κ2) is 9.41. The van der Waals surface area contributed by atoms with Crippen LogP contribution in [0.5, 0.6) is 11.5 Å². The average molecular weight is 440 g/mol. The molecule has 1 N–H and O–H groups in total. The second-order valence-electron chi connectivity index (χ2n) is 8.47. The second-order valence-corrected chi connectivity index (χ2v) is 8.47. The van der Waals surface area contributed by atoms with E-state index < -0.39 is 0 Å². The molecule has 168 valence electrons. The van der Waals surface area contributed by atoms with Gasteiger partial charge >= 0.3 is 0 Å². The average Bonchev–Trinajstić information content (AvgIpc) is 2.77. The van der Waals surface area contributed by atoms with E-state index in [2.05, 4.69) is 52.0 Å². The third-order valence-electron chi connectivity index (χ3n) is 5.56. The monoisotopic (exact) mass is 439 g/mol. The lowest BCUT2D eigenvalue weighted by Crippen LogP contribution is -2.02. The Labute approximate surface area is 195 Å². The molecule has 1 heterocycles. The molecule has 0 radical (unpaired) electrons. The maximum atomic E-state index is 10.8. The summed E-state index contributed by atoms with van der Waals surface area (Å²) < 4.78 is 5.65. The number of aryl methyl sites for hydroxylation is 4. The van der Waals surface area contributed by atoms with Crippen LogP contribution >= 0.6 is 0 Å². The molecule has 3 aromatic carbocycles. The number of aromatic hydroxyl groups is 1. The van der Waals surface area contributed by atoms with Gasteiger partial charge in [-0.1, -0.05) is 54.4 Å². The summed E-state index contributed by atoms with van der Waals surface area (Å²) in [6.07, 6.45) is 0.897. The first kappa shape index (κ1) is 22.5. The Balaban J connectivity index is 1.90. The highest BCUT2D eigenvalue weighted by atomic mass is 16.5. The van der Waals surface area contributed by atoms with Crippen molar-refractivity contribution in [3.05, 3.63) is 76.9 Å². The van der Waals surface area contributed by atoms with Gasteiger partial charge in [-0.25, -0.2) is 15.0 Å². The van der Waals surface area contributed by atoms with Crippen LogP contribution in [0.15, 0.2) is 54.6 Å². The molecule has 4 aromatic rings. The molecule has 5 heteroatoms. The summed E-state index contributed by atoms with van der Waals surface area (Å²) >= 11 is 0. The Kier molecular flexibility index (Phi) is 6.40. The first-order valence-electron chi connectivity index (χ1n) is 11.2. The van der Waals surface area contributed by atoms with Crippen LogP contribution in [0.3, 0.4) is 0 Å². The molecular weight excluding hydrogens is 410 g/mol. The Morgan fingerprint density at radius 2 is 1.15 bits per heavy atom. The van der Waals surface area contributed by atoms with Crippen molar-refractivity contribution in [1.29, 1.82) is 0 Å². The topological polar surface area (TPSA) is 68.1 Å². The number of benzene rings is 3. The number of nitrogens with zero attached hydrogens (tertiary/aromatic N) is 3. The van der Waals surface area contributed by atoms with Crippen molar-refractivity contribution in [3.63, 3.8) is 0 Å². The largest absolute Gasteiger partial charge is 0.507 e. The van der Waals surface area contributed by atoms with Crippen LogP contribution in [0.2, 0.25) is 0 Å². The zero-order valence-corrected chi connectivity index (χ0v) is 19.8. The predicted octanol–water partition coefficient (Wildman–Crippen LogP) is 6.60. The number of phenols is 1. The molecule has 0 unspecified atom stereocenters. The quantitative estimate of drug-likeness (QED) is 0.366. The summed E-state index contributed by atoms with van der Waals surface area (Å²) in [5, 5.41) is 10.8. The Bertz CT molecular complexity index is 1250. The molecule has 33 heavy (non-hydrogen) atoms. The molecule has 0 fully saturated rings. The molecule has 0 saturated carbocycles. The molecule has 0 saturated heterocycles. The van der Waals surface area contributed by atoms with Crippen molar-refractivity contribution in [2.24, 2.45) is 0 Å². The maximum absolute atomic E-state index is 10.8. The number of hydrogen-bond acceptors (Lipinski definition) is 5. The number of rotatable bonds is 6. The smallest absolute Gasteiger partial charge is 0.167 e. The van der Waals surface area contributed by atoms with Crippen molar-refractivity contribution in [3.8, 4) is 45.7 Å². The van der Waals surface area contributed by atoms with Gasteiger partial charge in [-0.15, -0.1) is 0 Å². The summed E-state index contributed by atoms with van der Waals surface area (Å²) in [5.41, 5.74) is 6.96. The zero-order chi connectivity index (χ0) is 23.5. The molecule has 0 spiro atoms. The minimum atomic E-state index is 0.0768. The molecule has 4 rings (SSSR count). The van der Waals surface area contributed by atoms with Gasteiger partial charge in [0.2, 0.25) is 0 Å². The van der Waals surface area contributed by atoms with Gasteiger partial charge in [-0.3, -0.25) is 0 Å². The van der Waals surface area contributed by atoms with Crippen LogP contribution in [0, 0.1) is 27.7 Å².